The molecular formula is C33H47P3. The van der Waals surface area contributed by atoms with Crippen molar-refractivity contribution in [3.8, 4) is 22.3 Å². The normalized spacial score (nSPS) is 9.44. The lowest BCUT2D eigenvalue weighted by molar-refractivity contribution is 1.62. The largest absolute Gasteiger partial charge is 0.116 e. The third-order valence-corrected chi connectivity index (χ3v) is 3.76. The van der Waals surface area contributed by atoms with Crippen LogP contribution in [0, 0.1) is 0 Å². The van der Waals surface area contributed by atoms with Crippen LogP contribution in [0.1, 0.15) is 0 Å². The average Bonchev–Trinajstić information content (AvgIpc) is 2.86. The van der Waals surface area contributed by atoms with Crippen LogP contribution in [0.2, 0.25) is 0 Å². The number of rotatable bonds is 2. The minimum absolute atomic E-state index is 0.380. The minimum Gasteiger partial charge on any atom is -0.116 e. The molecule has 0 aliphatic rings. The van der Waals surface area contributed by atoms with E-state index in [4.69, 9.17) is 0 Å². The molecule has 0 saturated carbocycles. The van der Waals surface area contributed by atoms with Crippen LogP contribution in [0.15, 0.2) is 121 Å². The molecule has 4 aromatic carbocycles. The summed E-state index contributed by atoms with van der Waals surface area (Å²) in [5, 5.41) is 0. The molecule has 194 valence electrons. The molecular weight excluding hydrogens is 489 g/mol. The molecule has 0 aliphatic carbocycles. The Kier molecular flexibility index (Phi) is 21.2. The molecule has 0 nitrogen and oxygen atoms in total. The van der Waals surface area contributed by atoms with Gasteiger partial charge in [-0.1, -0.05) is 121 Å². The van der Waals surface area contributed by atoms with Gasteiger partial charge < -0.3 is 0 Å². The van der Waals surface area contributed by atoms with Gasteiger partial charge in [0.2, 0.25) is 0 Å². The first-order valence-electron chi connectivity index (χ1n) is 12.2. The zero-order valence-electron chi connectivity index (χ0n) is 23.9. The van der Waals surface area contributed by atoms with E-state index >= 15 is 0 Å². The first-order valence-corrected chi connectivity index (χ1v) is 20.2. The SMILES string of the molecule is CP(C)C.CP(C)C.CP(C)C.c1ccc(-c2ccccc2)cc1.c1ccc(-c2ccccc2)cc1. The predicted octanol–water partition coefficient (Wildman–Crippen LogP) is 10.8. The Labute approximate surface area is 226 Å². The summed E-state index contributed by atoms with van der Waals surface area (Å²) >= 11 is 0. The lowest BCUT2D eigenvalue weighted by atomic mass is 10.1. The van der Waals surface area contributed by atoms with Gasteiger partial charge in [0, 0.05) is 0 Å². The highest BCUT2D eigenvalue weighted by Crippen LogP contribution is 2.18. The van der Waals surface area contributed by atoms with Gasteiger partial charge in [0.05, 0.1) is 0 Å². The quantitative estimate of drug-likeness (QED) is 0.224. The third kappa shape index (κ3) is 21.5. The van der Waals surface area contributed by atoms with Crippen molar-refractivity contribution in [1.82, 2.24) is 0 Å². The van der Waals surface area contributed by atoms with Crippen LogP contribution < -0.4 is 0 Å². The highest BCUT2D eigenvalue weighted by molar-refractivity contribution is 7.55. The monoisotopic (exact) mass is 536 g/mol. The van der Waals surface area contributed by atoms with Gasteiger partial charge in [-0.3, -0.25) is 0 Å². The van der Waals surface area contributed by atoms with E-state index in [9.17, 15) is 0 Å². The maximum atomic E-state index is 2.23. The molecule has 4 aromatic rings. The van der Waals surface area contributed by atoms with E-state index in [0.717, 1.165) is 0 Å². The molecule has 0 spiro atoms. The van der Waals surface area contributed by atoms with E-state index in [2.05, 4.69) is 157 Å². The van der Waals surface area contributed by atoms with Crippen LogP contribution in [0.25, 0.3) is 22.3 Å². The topological polar surface area (TPSA) is 0 Å². The number of hydrogen-bond acceptors (Lipinski definition) is 0. The van der Waals surface area contributed by atoms with Crippen molar-refractivity contribution in [3.63, 3.8) is 0 Å². The van der Waals surface area contributed by atoms with Gasteiger partial charge in [-0.15, -0.1) is 23.8 Å². The Morgan fingerprint density at radius 3 is 0.472 bits per heavy atom. The molecule has 0 saturated heterocycles. The molecule has 0 aromatic heterocycles. The van der Waals surface area contributed by atoms with E-state index in [0.29, 0.717) is 23.8 Å². The third-order valence-electron chi connectivity index (χ3n) is 3.76. The molecule has 0 unspecified atom stereocenters. The van der Waals surface area contributed by atoms with E-state index in [1.807, 2.05) is 24.3 Å². The van der Waals surface area contributed by atoms with Crippen molar-refractivity contribution in [2.75, 3.05) is 60.0 Å². The summed E-state index contributed by atoms with van der Waals surface area (Å²) in [5.74, 6) is 0. The number of hydrogen-bond donors (Lipinski definition) is 0. The van der Waals surface area contributed by atoms with Crippen molar-refractivity contribution in [1.29, 1.82) is 0 Å². The standard InChI is InChI=1S/2C12H10.3C3H9P/c2*1-3-7-11(8-4-1)12-9-5-2-6-10-12;3*1-4(2)3/h2*1-10H;3*1-3H3. The lowest BCUT2D eigenvalue weighted by Gasteiger charge is -1.98. The lowest BCUT2D eigenvalue weighted by Crippen LogP contribution is -1.73. The van der Waals surface area contributed by atoms with E-state index in [-0.39, 0.29) is 0 Å². The molecule has 0 heterocycles. The summed E-state index contributed by atoms with van der Waals surface area (Å²) in [7, 11) is 1.14. The van der Waals surface area contributed by atoms with Crippen molar-refractivity contribution in [2.45, 2.75) is 0 Å². The van der Waals surface area contributed by atoms with E-state index in [1.165, 1.54) is 22.3 Å². The Bertz CT molecular complexity index is 796. The van der Waals surface area contributed by atoms with Crippen LogP contribution in [-0.2, 0) is 0 Å². The highest BCUT2D eigenvalue weighted by atomic mass is 31.1. The average molecular weight is 537 g/mol. The summed E-state index contributed by atoms with van der Waals surface area (Å²) in [5.41, 5.74) is 5.10. The van der Waals surface area contributed by atoms with Crippen molar-refractivity contribution in [3.05, 3.63) is 121 Å². The summed E-state index contributed by atoms with van der Waals surface area (Å²) in [6, 6.07) is 41.6. The molecule has 0 atom stereocenters. The number of benzene rings is 4. The van der Waals surface area contributed by atoms with Gasteiger partial charge in [0.15, 0.2) is 0 Å². The molecule has 0 radical (unpaired) electrons. The maximum Gasteiger partial charge on any atom is -0.0184 e. The van der Waals surface area contributed by atoms with E-state index < -0.39 is 0 Å². The van der Waals surface area contributed by atoms with Crippen molar-refractivity contribution in [2.24, 2.45) is 0 Å². The Hall–Kier alpha value is -1.83. The second-order valence-corrected chi connectivity index (χ2v) is 17.5. The van der Waals surface area contributed by atoms with Crippen molar-refractivity contribution < 1.29 is 0 Å². The molecule has 4 rings (SSSR count). The first kappa shape index (κ1) is 34.2. The Morgan fingerprint density at radius 1 is 0.250 bits per heavy atom. The molecule has 0 fully saturated rings. The minimum atomic E-state index is 0.380. The highest BCUT2D eigenvalue weighted by Gasteiger charge is 1.92. The van der Waals surface area contributed by atoms with E-state index in [1.54, 1.807) is 0 Å². The first-order chi connectivity index (χ1) is 17.1. The molecule has 36 heavy (non-hydrogen) atoms. The van der Waals surface area contributed by atoms with Gasteiger partial charge in [0.1, 0.15) is 0 Å². The Balaban J connectivity index is 0.000000478. The summed E-state index contributed by atoms with van der Waals surface area (Å²) in [4.78, 5) is 0. The fourth-order valence-corrected chi connectivity index (χ4v) is 2.52. The smallest absolute Gasteiger partial charge is 0.0184 e. The summed E-state index contributed by atoms with van der Waals surface area (Å²) in [6.45, 7) is 20.1. The van der Waals surface area contributed by atoms with Gasteiger partial charge in [-0.2, -0.15) is 0 Å². The summed E-state index contributed by atoms with van der Waals surface area (Å²) in [6.07, 6.45) is 0. The van der Waals surface area contributed by atoms with Gasteiger partial charge in [0.25, 0.3) is 0 Å². The van der Waals surface area contributed by atoms with Crippen molar-refractivity contribution >= 4 is 23.8 Å². The van der Waals surface area contributed by atoms with Gasteiger partial charge >= 0.3 is 0 Å². The predicted molar refractivity (Wildman–Crippen MR) is 178 cm³/mol. The summed E-state index contributed by atoms with van der Waals surface area (Å²) < 4.78 is 0. The fraction of sp³-hybridized carbons (Fsp3) is 0.273. The van der Waals surface area contributed by atoms with Crippen LogP contribution in [0.4, 0.5) is 0 Å². The second kappa shape index (κ2) is 22.4. The van der Waals surface area contributed by atoms with Crippen LogP contribution in [0.3, 0.4) is 0 Å². The van der Waals surface area contributed by atoms with Crippen LogP contribution >= 0.6 is 23.8 Å². The molecule has 0 aliphatic heterocycles. The zero-order chi connectivity index (χ0) is 27.2. The van der Waals surface area contributed by atoms with Gasteiger partial charge in [-0.05, 0) is 82.2 Å². The molecule has 0 amide bonds. The molecule has 0 N–H and O–H groups in total. The molecule has 0 bridgehead atoms. The second-order valence-electron chi connectivity index (χ2n) is 9.49. The molecule has 3 heteroatoms. The maximum absolute atomic E-state index is 2.23. The van der Waals surface area contributed by atoms with Gasteiger partial charge in [-0.25, -0.2) is 0 Å². The zero-order valence-corrected chi connectivity index (χ0v) is 26.6. The van der Waals surface area contributed by atoms with Crippen LogP contribution in [0.5, 0.6) is 0 Å². The van der Waals surface area contributed by atoms with Crippen LogP contribution in [-0.4, -0.2) is 60.0 Å². The fourth-order valence-electron chi connectivity index (χ4n) is 2.52. The Morgan fingerprint density at radius 2 is 0.361 bits per heavy atom.